The van der Waals surface area contributed by atoms with E-state index in [1.807, 2.05) is 11.8 Å². The van der Waals surface area contributed by atoms with Gasteiger partial charge in [0.1, 0.15) is 0 Å². The molecule has 108 valence electrons. The van der Waals surface area contributed by atoms with E-state index in [0.29, 0.717) is 30.5 Å². The van der Waals surface area contributed by atoms with Crippen molar-refractivity contribution in [1.29, 1.82) is 0 Å². The Kier molecular flexibility index (Phi) is 4.66. The fourth-order valence-corrected chi connectivity index (χ4v) is 4.43. The molecule has 3 fully saturated rings. The number of morpholine rings is 1. The minimum atomic E-state index is 0.306. The number of nitrogens with one attached hydrogen (secondary N) is 1. The molecule has 0 bridgehead atoms. The second kappa shape index (κ2) is 6.46. The van der Waals surface area contributed by atoms with Crippen molar-refractivity contribution in [2.75, 3.05) is 31.2 Å². The first-order valence-electron chi connectivity index (χ1n) is 7.57. The molecule has 3 unspecified atom stereocenters. The van der Waals surface area contributed by atoms with Gasteiger partial charge in [-0.05, 0) is 12.8 Å². The standard InChI is InChI=1S/C14H24N2O2S/c17-14(9-11-10-19-8-5-15-11)16-6-7-18-13-4-2-1-3-12(13)16/h11-13,15H,1-10H2. The van der Waals surface area contributed by atoms with Crippen molar-refractivity contribution in [2.45, 2.75) is 50.3 Å². The lowest BCUT2D eigenvalue weighted by Gasteiger charge is -2.44. The van der Waals surface area contributed by atoms with Crippen LogP contribution in [-0.2, 0) is 9.53 Å². The van der Waals surface area contributed by atoms with Gasteiger partial charge in [-0.25, -0.2) is 0 Å². The van der Waals surface area contributed by atoms with Gasteiger partial charge in [-0.15, -0.1) is 0 Å². The average molecular weight is 284 g/mol. The minimum Gasteiger partial charge on any atom is -0.374 e. The second-order valence-electron chi connectivity index (χ2n) is 5.78. The van der Waals surface area contributed by atoms with Crippen molar-refractivity contribution in [1.82, 2.24) is 10.2 Å². The Morgan fingerprint density at radius 3 is 3.11 bits per heavy atom. The molecule has 1 aliphatic carbocycles. The third kappa shape index (κ3) is 3.26. The maximum atomic E-state index is 12.5. The lowest BCUT2D eigenvalue weighted by atomic mass is 9.90. The van der Waals surface area contributed by atoms with Gasteiger partial charge in [0, 0.05) is 37.1 Å². The van der Waals surface area contributed by atoms with Gasteiger partial charge in [-0.1, -0.05) is 12.8 Å². The van der Waals surface area contributed by atoms with Gasteiger partial charge >= 0.3 is 0 Å². The first kappa shape index (κ1) is 13.7. The third-order valence-electron chi connectivity index (χ3n) is 4.47. The number of rotatable bonds is 2. The fraction of sp³-hybridized carbons (Fsp3) is 0.929. The Morgan fingerprint density at radius 2 is 2.26 bits per heavy atom. The van der Waals surface area contributed by atoms with Crippen molar-refractivity contribution in [2.24, 2.45) is 0 Å². The molecule has 3 aliphatic rings. The highest BCUT2D eigenvalue weighted by Gasteiger charge is 2.37. The van der Waals surface area contributed by atoms with E-state index in [1.54, 1.807) is 0 Å². The largest absolute Gasteiger partial charge is 0.374 e. The van der Waals surface area contributed by atoms with Gasteiger partial charge in [0.15, 0.2) is 0 Å². The van der Waals surface area contributed by atoms with Crippen molar-refractivity contribution in [3.63, 3.8) is 0 Å². The molecule has 0 aromatic heterocycles. The molecule has 2 heterocycles. The van der Waals surface area contributed by atoms with Crippen LogP contribution >= 0.6 is 11.8 Å². The van der Waals surface area contributed by atoms with E-state index >= 15 is 0 Å². The number of hydrogen-bond acceptors (Lipinski definition) is 4. The maximum Gasteiger partial charge on any atom is 0.224 e. The zero-order chi connectivity index (χ0) is 13.1. The number of ether oxygens (including phenoxy) is 1. The number of carbonyl (C=O) groups excluding carboxylic acids is 1. The maximum absolute atomic E-state index is 12.5. The molecule has 1 amide bonds. The smallest absolute Gasteiger partial charge is 0.224 e. The van der Waals surface area contributed by atoms with Crippen LogP contribution in [0.5, 0.6) is 0 Å². The Morgan fingerprint density at radius 1 is 1.37 bits per heavy atom. The van der Waals surface area contributed by atoms with Crippen LogP contribution in [0.15, 0.2) is 0 Å². The second-order valence-corrected chi connectivity index (χ2v) is 6.93. The number of nitrogens with zero attached hydrogens (tertiary/aromatic N) is 1. The van der Waals surface area contributed by atoms with Gasteiger partial charge in [0.25, 0.3) is 0 Å². The molecule has 1 saturated carbocycles. The van der Waals surface area contributed by atoms with E-state index in [0.717, 1.165) is 38.3 Å². The van der Waals surface area contributed by atoms with E-state index in [2.05, 4.69) is 10.2 Å². The summed E-state index contributed by atoms with van der Waals surface area (Å²) in [5.41, 5.74) is 0. The lowest BCUT2D eigenvalue weighted by molar-refractivity contribution is -0.149. The van der Waals surface area contributed by atoms with E-state index in [9.17, 15) is 4.79 Å². The van der Waals surface area contributed by atoms with E-state index in [-0.39, 0.29) is 0 Å². The van der Waals surface area contributed by atoms with Crippen molar-refractivity contribution < 1.29 is 9.53 Å². The molecule has 4 nitrogen and oxygen atoms in total. The molecule has 2 aliphatic heterocycles. The van der Waals surface area contributed by atoms with E-state index in [1.165, 1.54) is 18.6 Å². The normalized spacial score (nSPS) is 35.8. The molecule has 3 rings (SSSR count). The van der Waals surface area contributed by atoms with Crippen LogP contribution < -0.4 is 5.32 Å². The molecular weight excluding hydrogens is 260 g/mol. The van der Waals surface area contributed by atoms with Crippen molar-refractivity contribution in [3.05, 3.63) is 0 Å². The highest BCUT2D eigenvalue weighted by Crippen LogP contribution is 2.29. The summed E-state index contributed by atoms with van der Waals surface area (Å²) in [4.78, 5) is 14.7. The molecule has 0 aromatic carbocycles. The minimum absolute atomic E-state index is 0.306. The first-order valence-corrected chi connectivity index (χ1v) is 8.72. The van der Waals surface area contributed by atoms with E-state index in [4.69, 9.17) is 4.74 Å². The van der Waals surface area contributed by atoms with Crippen molar-refractivity contribution >= 4 is 17.7 Å². The Labute approximate surface area is 119 Å². The van der Waals surface area contributed by atoms with Gasteiger partial charge in [-0.3, -0.25) is 4.79 Å². The van der Waals surface area contributed by atoms with Crippen LogP contribution in [-0.4, -0.2) is 60.2 Å². The lowest BCUT2D eigenvalue weighted by Crippen LogP contribution is -2.56. The Balaban J connectivity index is 1.58. The fourth-order valence-electron chi connectivity index (χ4n) is 3.48. The molecule has 19 heavy (non-hydrogen) atoms. The Bertz CT molecular complexity index is 319. The highest BCUT2D eigenvalue weighted by molar-refractivity contribution is 7.99. The number of hydrogen-bond donors (Lipinski definition) is 1. The van der Waals surface area contributed by atoms with Gasteiger partial charge in [-0.2, -0.15) is 11.8 Å². The molecule has 5 heteroatoms. The predicted octanol–water partition coefficient (Wildman–Crippen LogP) is 1.25. The van der Waals surface area contributed by atoms with Crippen LogP contribution in [0, 0.1) is 0 Å². The van der Waals surface area contributed by atoms with Crippen LogP contribution in [0.4, 0.5) is 0 Å². The Hall–Kier alpha value is -0.260. The molecule has 1 N–H and O–H groups in total. The topological polar surface area (TPSA) is 41.6 Å². The van der Waals surface area contributed by atoms with Gasteiger partial charge in [0.2, 0.25) is 5.91 Å². The molecule has 2 saturated heterocycles. The summed E-state index contributed by atoms with van der Waals surface area (Å²) in [5, 5.41) is 3.46. The molecule has 0 aromatic rings. The van der Waals surface area contributed by atoms with Gasteiger partial charge < -0.3 is 15.0 Å². The van der Waals surface area contributed by atoms with Gasteiger partial charge in [0.05, 0.1) is 18.8 Å². The monoisotopic (exact) mass is 284 g/mol. The van der Waals surface area contributed by atoms with E-state index < -0.39 is 0 Å². The van der Waals surface area contributed by atoms with Crippen LogP contribution in [0.25, 0.3) is 0 Å². The predicted molar refractivity (Wildman–Crippen MR) is 77.4 cm³/mol. The van der Waals surface area contributed by atoms with Crippen LogP contribution in [0.2, 0.25) is 0 Å². The SMILES string of the molecule is O=C(CC1CSCCN1)N1CCOC2CCCCC21. The highest BCUT2D eigenvalue weighted by atomic mass is 32.2. The summed E-state index contributed by atoms with van der Waals surface area (Å²) in [6, 6.07) is 0.724. The molecular formula is C14H24N2O2S. The third-order valence-corrected chi connectivity index (χ3v) is 5.60. The number of fused-ring (bicyclic) bond motifs is 1. The summed E-state index contributed by atoms with van der Waals surface area (Å²) in [7, 11) is 0. The first-order chi connectivity index (χ1) is 9.34. The van der Waals surface area contributed by atoms with Crippen molar-refractivity contribution in [3.8, 4) is 0 Å². The summed E-state index contributed by atoms with van der Waals surface area (Å²) in [5.74, 6) is 2.58. The summed E-state index contributed by atoms with van der Waals surface area (Å²) < 4.78 is 5.84. The summed E-state index contributed by atoms with van der Waals surface area (Å²) in [6.45, 7) is 2.55. The average Bonchev–Trinajstić information content (AvgIpc) is 2.47. The van der Waals surface area contributed by atoms with Crippen LogP contribution in [0.3, 0.4) is 0 Å². The zero-order valence-electron chi connectivity index (χ0n) is 11.5. The van der Waals surface area contributed by atoms with Crippen LogP contribution in [0.1, 0.15) is 32.1 Å². The molecule has 3 atom stereocenters. The summed E-state index contributed by atoms with van der Waals surface area (Å²) >= 11 is 1.96. The number of amides is 1. The molecule has 0 radical (unpaired) electrons. The molecule has 0 spiro atoms. The zero-order valence-corrected chi connectivity index (χ0v) is 12.3. The number of thioether (sulfide) groups is 1. The summed E-state index contributed by atoms with van der Waals surface area (Å²) in [6.07, 6.45) is 5.72. The number of carbonyl (C=O) groups is 1. The quantitative estimate of drug-likeness (QED) is 0.829.